The Hall–Kier alpha value is -8.32. The Labute approximate surface area is 411 Å². The lowest BCUT2D eigenvalue weighted by Gasteiger charge is -2.15. The van der Waals surface area contributed by atoms with Crippen molar-refractivity contribution in [2.45, 2.75) is 26.7 Å². The number of nitrogen functional groups attached to an aromatic ring is 1. The van der Waals surface area contributed by atoms with Gasteiger partial charge in [0.2, 0.25) is 11.8 Å². The second-order valence-corrected chi connectivity index (χ2v) is 14.7. The van der Waals surface area contributed by atoms with Crippen molar-refractivity contribution in [1.29, 1.82) is 0 Å². The number of rotatable bonds is 17. The number of oxime groups is 2. The largest absolute Gasteiger partial charge is 0.477 e. The molecule has 6 N–H and O–H groups in total. The minimum Gasteiger partial charge on any atom is -0.477 e. The van der Waals surface area contributed by atoms with Crippen LogP contribution in [0.25, 0.3) is 11.6 Å². The number of carbonyl (C=O) groups is 4. The number of ether oxygens (including phenoxy) is 2. The lowest BCUT2D eigenvalue weighted by Crippen LogP contribution is -2.24. The maximum absolute atomic E-state index is 13.3. The van der Waals surface area contributed by atoms with Gasteiger partial charge in [0.05, 0.1) is 39.3 Å². The van der Waals surface area contributed by atoms with Gasteiger partial charge in [-0.25, -0.2) is 41.7 Å². The predicted octanol–water partition coefficient (Wildman–Crippen LogP) is 6.65. The first-order chi connectivity index (χ1) is 33.8. The molecule has 0 saturated heterocycles. The highest BCUT2D eigenvalue weighted by Gasteiger charge is 2.24. The van der Waals surface area contributed by atoms with E-state index in [9.17, 15) is 36.7 Å². The number of anilines is 2. The number of hydrogen-bond donors (Lipinski definition) is 5. The van der Waals surface area contributed by atoms with Gasteiger partial charge in [-0.1, -0.05) is 33.5 Å². The topological polar surface area (TPSA) is 274 Å². The van der Waals surface area contributed by atoms with E-state index < -0.39 is 43.8 Å². The number of alkyl halides is 4. The molecular formula is C44H44Cl2F4N12O9. The number of carboxylic acid groups (broad SMARTS) is 1. The fourth-order valence-corrected chi connectivity index (χ4v) is 6.26. The van der Waals surface area contributed by atoms with Crippen molar-refractivity contribution in [3.63, 3.8) is 0 Å². The number of hydrogen-bond acceptors (Lipinski definition) is 15. The van der Waals surface area contributed by atoms with Gasteiger partial charge in [-0.05, 0) is 84.6 Å². The van der Waals surface area contributed by atoms with Crippen LogP contribution in [0.2, 0.25) is 10.0 Å². The highest BCUT2D eigenvalue weighted by atomic mass is 35.5. The first-order valence-electron chi connectivity index (χ1n) is 20.2. The van der Waals surface area contributed by atoms with Crippen molar-refractivity contribution in [2.24, 2.45) is 10.3 Å². The molecule has 0 unspecified atom stereocenters. The summed E-state index contributed by atoms with van der Waals surface area (Å²) in [5, 5.41) is 32.3. The molecule has 0 aliphatic carbocycles. The molecule has 0 bridgehead atoms. The highest BCUT2D eigenvalue weighted by Crippen LogP contribution is 2.27. The summed E-state index contributed by atoms with van der Waals surface area (Å²) in [6.07, 6.45) is 0.335. The Morgan fingerprint density at radius 3 is 1.62 bits per heavy atom. The van der Waals surface area contributed by atoms with E-state index in [2.05, 4.69) is 60.8 Å². The zero-order chi connectivity index (χ0) is 52.4. The van der Waals surface area contributed by atoms with Gasteiger partial charge >= 0.3 is 5.97 Å². The number of carbonyl (C=O) groups excluding carboxylic acids is 3. The second-order valence-electron chi connectivity index (χ2n) is 13.9. The molecule has 6 rings (SSSR count). The summed E-state index contributed by atoms with van der Waals surface area (Å²) in [7, 11) is 5.85. The van der Waals surface area contributed by atoms with Gasteiger partial charge in [-0.2, -0.15) is 0 Å². The molecule has 0 saturated carbocycles. The third-order valence-electron chi connectivity index (χ3n) is 8.98. The van der Waals surface area contributed by atoms with Gasteiger partial charge in [-0.3, -0.25) is 14.4 Å². The smallest absolute Gasteiger partial charge is 0.354 e. The minimum atomic E-state index is -2.74. The van der Waals surface area contributed by atoms with Gasteiger partial charge in [0.15, 0.2) is 30.5 Å². The van der Waals surface area contributed by atoms with Crippen LogP contribution in [0.4, 0.5) is 28.9 Å². The van der Waals surface area contributed by atoms with Crippen molar-refractivity contribution in [3.8, 4) is 23.4 Å². The van der Waals surface area contributed by atoms with Crippen molar-refractivity contribution >= 4 is 70.7 Å². The molecule has 0 spiro atoms. The number of benzene rings is 2. The molecule has 0 fully saturated rings. The predicted molar refractivity (Wildman–Crippen MR) is 253 cm³/mol. The molecule has 21 nitrogen and oxygen atoms in total. The van der Waals surface area contributed by atoms with Crippen LogP contribution in [-0.4, -0.2) is 125 Å². The zero-order valence-corrected chi connectivity index (χ0v) is 39.8. The van der Waals surface area contributed by atoms with Crippen molar-refractivity contribution in [2.75, 3.05) is 52.6 Å². The second kappa shape index (κ2) is 26.4. The van der Waals surface area contributed by atoms with E-state index in [1.165, 1.54) is 70.4 Å². The molecule has 0 aliphatic heterocycles. The van der Waals surface area contributed by atoms with E-state index in [-0.39, 0.29) is 62.0 Å². The van der Waals surface area contributed by atoms with Crippen LogP contribution < -0.4 is 31.2 Å². The van der Waals surface area contributed by atoms with Crippen LogP contribution in [0.5, 0.6) is 11.8 Å². The van der Waals surface area contributed by atoms with E-state index in [0.29, 0.717) is 22.4 Å². The monoisotopic (exact) mass is 1030 g/mol. The SMILES string of the molecule is CNC(=O)c1cc(C=NOC)cc(C)c1N.CNC(=O)c1cc(C=NOC)cc(C)c1NC(=O)c1cc(OCC(F)F)nn1-c1ncccc1Cl.O=C(O)c1cc(OCC(F)F)nn1-c1ncccc1Cl. The van der Waals surface area contributed by atoms with Crippen LogP contribution in [0.15, 0.2) is 83.4 Å². The average molecular weight is 1030 g/mol. The van der Waals surface area contributed by atoms with Crippen molar-refractivity contribution < 1.29 is 61.0 Å². The number of nitrogens with zero attached hydrogens (tertiary/aromatic N) is 8. The summed E-state index contributed by atoms with van der Waals surface area (Å²) in [5.74, 6) is -3.02. The minimum absolute atomic E-state index is 0.0680. The Bertz CT molecular complexity index is 2900. The van der Waals surface area contributed by atoms with Gasteiger partial charge in [-0.15, -0.1) is 10.2 Å². The number of nitrogens with two attached hydrogens (primary N) is 1. The Kier molecular flexibility index (Phi) is 20.6. The summed E-state index contributed by atoms with van der Waals surface area (Å²) in [6.45, 7) is 1.73. The molecule has 0 atom stereocenters. The third kappa shape index (κ3) is 15.3. The number of nitrogens with one attached hydrogen (secondary N) is 3. The van der Waals surface area contributed by atoms with Crippen LogP contribution >= 0.6 is 23.2 Å². The first-order valence-corrected chi connectivity index (χ1v) is 21.0. The van der Waals surface area contributed by atoms with Gasteiger partial charge in [0.1, 0.15) is 19.9 Å². The van der Waals surface area contributed by atoms with Gasteiger partial charge < -0.3 is 45.9 Å². The number of carboxylic acids is 1. The average Bonchev–Trinajstić information content (AvgIpc) is 3.98. The summed E-state index contributed by atoms with van der Waals surface area (Å²) in [6, 6.07) is 15.1. The van der Waals surface area contributed by atoms with E-state index in [1.54, 1.807) is 38.2 Å². The van der Waals surface area contributed by atoms with Gasteiger partial charge in [0.25, 0.3) is 30.6 Å². The molecule has 6 aromatic rings. The summed E-state index contributed by atoms with van der Waals surface area (Å²) in [5.41, 5.74) is 9.44. The molecule has 27 heteroatoms. The van der Waals surface area contributed by atoms with Crippen LogP contribution in [0.1, 0.15) is 63.9 Å². The molecule has 4 heterocycles. The quantitative estimate of drug-likeness (QED) is 0.0277. The number of halogens is 6. The lowest BCUT2D eigenvalue weighted by atomic mass is 10.0. The molecule has 71 heavy (non-hydrogen) atoms. The van der Waals surface area contributed by atoms with E-state index in [0.717, 1.165) is 26.6 Å². The van der Waals surface area contributed by atoms with Crippen molar-refractivity contribution in [1.82, 2.24) is 40.2 Å². The van der Waals surface area contributed by atoms with Crippen LogP contribution in [0, 0.1) is 13.8 Å². The molecule has 2 aromatic carbocycles. The third-order valence-corrected chi connectivity index (χ3v) is 9.57. The molecule has 0 aliphatic rings. The Morgan fingerprint density at radius 2 is 1.17 bits per heavy atom. The fourth-order valence-electron chi connectivity index (χ4n) is 5.86. The number of aromatic nitrogens is 6. The Morgan fingerprint density at radius 1 is 0.718 bits per heavy atom. The molecular weight excluding hydrogens is 987 g/mol. The van der Waals surface area contributed by atoms with Crippen LogP contribution in [-0.2, 0) is 9.68 Å². The summed E-state index contributed by atoms with van der Waals surface area (Å²) in [4.78, 5) is 65.8. The Balaban J connectivity index is 0.000000256. The summed E-state index contributed by atoms with van der Waals surface area (Å²) < 4.78 is 61.1. The summed E-state index contributed by atoms with van der Waals surface area (Å²) >= 11 is 12.1. The van der Waals surface area contributed by atoms with Crippen molar-refractivity contribution in [3.05, 3.63) is 128 Å². The molecule has 376 valence electrons. The molecule has 3 amide bonds. The standard InChI is InChI=1S/C22H21ClF2N6O4.C11H8ClF2N3O3.C11H15N3O2/c1-12-7-13(10-28-34-3)8-14(21(32)26-2)19(12)29-22(33)16-9-18(35-11-17(24)25)30-31(16)20-15(23)5-4-6-27-20;12-6-2-1-3-15-10(6)17-7(11(18)19)4-9(16-17)20-5-8(13)14;1-7-4-8(6-14-16-3)5-9(10(7)12)11(15)13-2/h4-10,17H,11H2,1-3H3,(H,26,32)(H,29,33);1-4,8H,5H2,(H,18,19);4-6H,12H2,1-3H3,(H,13,15). The zero-order valence-electron chi connectivity index (χ0n) is 38.3. The molecule has 4 aromatic heterocycles. The number of aromatic carboxylic acids is 1. The fraction of sp³-hybridized carbons (Fsp3) is 0.227. The first kappa shape index (κ1) is 55.3. The normalized spacial score (nSPS) is 10.8. The molecule has 0 radical (unpaired) electrons. The van der Waals surface area contributed by atoms with E-state index in [4.69, 9.17) is 38.8 Å². The maximum Gasteiger partial charge on any atom is 0.354 e. The van der Waals surface area contributed by atoms with Gasteiger partial charge in [0, 0.05) is 44.3 Å². The van der Waals surface area contributed by atoms with E-state index in [1.807, 2.05) is 13.0 Å². The lowest BCUT2D eigenvalue weighted by molar-refractivity contribution is 0.0685. The maximum atomic E-state index is 13.3. The number of amides is 3. The van der Waals surface area contributed by atoms with E-state index >= 15 is 0 Å². The number of pyridine rings is 2. The number of aryl methyl sites for hydroxylation is 2. The van der Waals surface area contributed by atoms with Crippen LogP contribution in [0.3, 0.4) is 0 Å². The highest BCUT2D eigenvalue weighted by molar-refractivity contribution is 6.32.